The molecule has 1 aliphatic rings. The highest BCUT2D eigenvalue weighted by atomic mass is 16.4. The number of aliphatic carboxylic acids is 1. The maximum Gasteiger partial charge on any atom is 0.317 e. The summed E-state index contributed by atoms with van der Waals surface area (Å²) in [6.07, 6.45) is 2.93. The van der Waals surface area contributed by atoms with Gasteiger partial charge in [0.2, 0.25) is 5.91 Å². The van der Waals surface area contributed by atoms with Crippen LogP contribution >= 0.6 is 0 Å². The van der Waals surface area contributed by atoms with Crippen LogP contribution in [0.15, 0.2) is 0 Å². The average molecular weight is 285 g/mol. The fourth-order valence-electron chi connectivity index (χ4n) is 2.47. The minimum atomic E-state index is -0.730. The highest BCUT2D eigenvalue weighted by Crippen LogP contribution is 2.28. The predicted molar refractivity (Wildman–Crippen MR) is 72.9 cm³/mol. The molecule has 0 aromatic rings. The highest BCUT2D eigenvalue weighted by Gasteiger charge is 2.26. The van der Waals surface area contributed by atoms with Gasteiger partial charge in [0.05, 0.1) is 5.92 Å². The topological polar surface area (TPSA) is 113 Å². The van der Waals surface area contributed by atoms with Gasteiger partial charge in [-0.05, 0) is 38.5 Å². The van der Waals surface area contributed by atoms with E-state index in [4.69, 9.17) is 10.8 Å². The van der Waals surface area contributed by atoms with Crippen molar-refractivity contribution in [2.24, 2.45) is 17.6 Å². The molecule has 7 nitrogen and oxygen atoms in total. The number of nitrogens with one attached hydrogen (secondary N) is 1. The number of amides is 3. The van der Waals surface area contributed by atoms with Gasteiger partial charge >= 0.3 is 12.0 Å². The Hall–Kier alpha value is -1.79. The molecule has 3 amide bonds. The van der Waals surface area contributed by atoms with Crippen molar-refractivity contribution in [3.8, 4) is 0 Å². The molecule has 0 aromatic heterocycles. The van der Waals surface area contributed by atoms with Crippen molar-refractivity contribution >= 4 is 17.9 Å². The predicted octanol–water partition coefficient (Wildman–Crippen LogP) is 0.394. The molecule has 0 aliphatic heterocycles. The molecule has 0 heterocycles. The summed E-state index contributed by atoms with van der Waals surface area (Å²) in [5.41, 5.74) is 5.07. The lowest BCUT2D eigenvalue weighted by atomic mass is 9.82. The lowest BCUT2D eigenvalue weighted by molar-refractivity contribution is -0.143. The van der Waals surface area contributed by atoms with E-state index < -0.39 is 11.9 Å². The molecule has 0 aromatic carbocycles. The van der Waals surface area contributed by atoms with Gasteiger partial charge in [-0.15, -0.1) is 0 Å². The molecule has 1 rings (SSSR count). The number of carboxylic acid groups (broad SMARTS) is 1. The molecule has 0 radical (unpaired) electrons. The Labute approximate surface area is 118 Å². The van der Waals surface area contributed by atoms with Crippen molar-refractivity contribution in [1.82, 2.24) is 10.2 Å². The summed E-state index contributed by atoms with van der Waals surface area (Å²) in [7, 11) is 0. The largest absolute Gasteiger partial charge is 0.481 e. The number of rotatable bonds is 6. The first-order chi connectivity index (χ1) is 9.43. The van der Waals surface area contributed by atoms with Gasteiger partial charge < -0.3 is 21.1 Å². The van der Waals surface area contributed by atoms with Crippen LogP contribution in [0.25, 0.3) is 0 Å². The summed E-state index contributed by atoms with van der Waals surface area (Å²) in [6.45, 7) is 2.62. The Bertz CT molecular complexity index is 365. The first-order valence-electron chi connectivity index (χ1n) is 6.97. The van der Waals surface area contributed by atoms with Crippen LogP contribution < -0.4 is 11.1 Å². The SMILES string of the molecule is CCN(CC(N)=O)C(=O)NCC1CCC(C(=O)O)CC1. The first-order valence-corrected chi connectivity index (χ1v) is 6.97. The molecule has 0 atom stereocenters. The number of nitrogens with zero attached hydrogens (tertiary/aromatic N) is 1. The molecule has 4 N–H and O–H groups in total. The van der Waals surface area contributed by atoms with Gasteiger partial charge in [-0.3, -0.25) is 9.59 Å². The third kappa shape index (κ3) is 5.07. The summed E-state index contributed by atoms with van der Waals surface area (Å²) in [5.74, 6) is -1.21. The van der Waals surface area contributed by atoms with E-state index in [1.165, 1.54) is 4.90 Å². The van der Waals surface area contributed by atoms with Crippen molar-refractivity contribution in [3.05, 3.63) is 0 Å². The molecule has 1 fully saturated rings. The number of hydrogen-bond acceptors (Lipinski definition) is 3. The average Bonchev–Trinajstić information content (AvgIpc) is 2.42. The van der Waals surface area contributed by atoms with Gasteiger partial charge in [0.15, 0.2) is 0 Å². The van der Waals surface area contributed by atoms with Crippen molar-refractivity contribution in [3.63, 3.8) is 0 Å². The van der Waals surface area contributed by atoms with Crippen LogP contribution in [0.1, 0.15) is 32.6 Å². The standard InChI is InChI=1S/C13H23N3O4/c1-2-16(8-11(14)17)13(20)15-7-9-3-5-10(6-4-9)12(18)19/h9-10H,2-8H2,1H3,(H2,14,17)(H,15,20)(H,18,19). The van der Waals surface area contributed by atoms with Crippen LogP contribution in [0.5, 0.6) is 0 Å². The summed E-state index contributed by atoms with van der Waals surface area (Å²) >= 11 is 0. The summed E-state index contributed by atoms with van der Waals surface area (Å²) in [5, 5.41) is 11.7. The molecule has 0 unspecified atom stereocenters. The van der Waals surface area contributed by atoms with Gasteiger partial charge in [0.1, 0.15) is 6.54 Å². The molecular weight excluding hydrogens is 262 g/mol. The van der Waals surface area contributed by atoms with Crippen LogP contribution in [0.4, 0.5) is 4.79 Å². The summed E-state index contributed by atoms with van der Waals surface area (Å²) < 4.78 is 0. The van der Waals surface area contributed by atoms with Crippen molar-refractivity contribution in [2.75, 3.05) is 19.6 Å². The number of hydrogen-bond donors (Lipinski definition) is 3. The first kappa shape index (κ1) is 16.3. The van der Waals surface area contributed by atoms with Crippen molar-refractivity contribution < 1.29 is 19.5 Å². The molecular formula is C13H23N3O4. The van der Waals surface area contributed by atoms with Gasteiger partial charge in [0.25, 0.3) is 0 Å². The summed E-state index contributed by atoms with van der Waals surface area (Å²) in [4.78, 5) is 34.9. The Balaban J connectivity index is 2.31. The number of carbonyl (C=O) groups excluding carboxylic acids is 2. The van der Waals surface area contributed by atoms with Gasteiger partial charge in [-0.2, -0.15) is 0 Å². The zero-order chi connectivity index (χ0) is 15.1. The minimum absolute atomic E-state index is 0.0892. The van der Waals surface area contributed by atoms with Crippen LogP contribution in [-0.2, 0) is 9.59 Å². The number of urea groups is 1. The number of carboxylic acids is 1. The molecule has 1 saturated carbocycles. The Morgan fingerprint density at radius 2 is 1.85 bits per heavy atom. The number of carbonyl (C=O) groups is 3. The molecule has 0 spiro atoms. The van der Waals surface area contributed by atoms with Crippen LogP contribution in [0, 0.1) is 11.8 Å². The maximum atomic E-state index is 11.8. The zero-order valence-corrected chi connectivity index (χ0v) is 11.8. The van der Waals surface area contributed by atoms with E-state index in [2.05, 4.69) is 5.32 Å². The second-order valence-electron chi connectivity index (χ2n) is 5.22. The van der Waals surface area contributed by atoms with E-state index >= 15 is 0 Å². The van der Waals surface area contributed by atoms with Crippen LogP contribution in [0.3, 0.4) is 0 Å². The molecule has 7 heteroatoms. The minimum Gasteiger partial charge on any atom is -0.481 e. The highest BCUT2D eigenvalue weighted by molar-refractivity contribution is 5.82. The smallest absolute Gasteiger partial charge is 0.317 e. The second kappa shape index (κ2) is 7.72. The Kier molecular flexibility index (Phi) is 6.27. The van der Waals surface area contributed by atoms with Gasteiger partial charge in [-0.25, -0.2) is 4.79 Å². The molecule has 0 bridgehead atoms. The normalized spacial score (nSPS) is 22.1. The molecule has 1 aliphatic carbocycles. The maximum absolute atomic E-state index is 11.8. The fourth-order valence-corrected chi connectivity index (χ4v) is 2.47. The number of primary amides is 1. The lowest BCUT2D eigenvalue weighted by Gasteiger charge is -2.27. The van der Waals surface area contributed by atoms with E-state index in [1.54, 1.807) is 6.92 Å². The van der Waals surface area contributed by atoms with E-state index in [0.29, 0.717) is 31.8 Å². The molecule has 0 saturated heterocycles. The van der Waals surface area contributed by atoms with Gasteiger partial charge in [-0.1, -0.05) is 0 Å². The van der Waals surface area contributed by atoms with Crippen LogP contribution in [-0.4, -0.2) is 47.5 Å². The second-order valence-corrected chi connectivity index (χ2v) is 5.22. The van der Waals surface area contributed by atoms with E-state index in [-0.39, 0.29) is 18.5 Å². The zero-order valence-electron chi connectivity index (χ0n) is 11.8. The van der Waals surface area contributed by atoms with Crippen molar-refractivity contribution in [1.29, 1.82) is 0 Å². The Morgan fingerprint density at radius 3 is 2.30 bits per heavy atom. The monoisotopic (exact) mass is 285 g/mol. The number of nitrogens with two attached hydrogens (primary N) is 1. The molecule has 20 heavy (non-hydrogen) atoms. The fraction of sp³-hybridized carbons (Fsp3) is 0.769. The van der Waals surface area contributed by atoms with Crippen LogP contribution in [0.2, 0.25) is 0 Å². The third-order valence-corrected chi connectivity index (χ3v) is 3.75. The van der Waals surface area contributed by atoms with E-state index in [1.807, 2.05) is 0 Å². The third-order valence-electron chi connectivity index (χ3n) is 3.75. The van der Waals surface area contributed by atoms with Gasteiger partial charge in [0, 0.05) is 13.1 Å². The van der Waals surface area contributed by atoms with E-state index in [9.17, 15) is 14.4 Å². The quantitative estimate of drug-likeness (QED) is 0.655. The van der Waals surface area contributed by atoms with Crippen molar-refractivity contribution in [2.45, 2.75) is 32.6 Å². The number of likely N-dealkylation sites (N-methyl/N-ethyl adjacent to an activating group) is 1. The lowest BCUT2D eigenvalue weighted by Crippen LogP contribution is -2.45. The molecule has 114 valence electrons. The Morgan fingerprint density at radius 1 is 1.25 bits per heavy atom. The summed E-state index contributed by atoms with van der Waals surface area (Å²) in [6, 6.07) is -0.299. The van der Waals surface area contributed by atoms with E-state index in [0.717, 1.165) is 12.8 Å².